The average molecular weight is 536 g/mol. The lowest BCUT2D eigenvalue weighted by Crippen LogP contribution is -1.99. The molecule has 1 aromatic heterocycles. The number of hydrogen-bond donors (Lipinski definition) is 2. The molecular weight excluding hydrogens is 514 g/mol. The van der Waals surface area contributed by atoms with E-state index < -0.39 is 5.97 Å². The predicted molar refractivity (Wildman–Crippen MR) is 128 cm³/mol. The first-order valence-electron chi connectivity index (χ1n) is 9.67. The molecule has 2 aromatic carbocycles. The molecule has 174 valence electrons. The first-order chi connectivity index (χ1) is 15.9. The van der Waals surface area contributed by atoms with Gasteiger partial charge in [-0.25, -0.2) is 9.78 Å². The van der Waals surface area contributed by atoms with Crippen LogP contribution in [-0.4, -0.2) is 54.2 Å². The second-order valence-electron chi connectivity index (χ2n) is 6.45. The minimum absolute atomic E-state index is 0.0308. The van der Waals surface area contributed by atoms with Gasteiger partial charge in [0.05, 0.1) is 32.4 Å². The maximum Gasteiger partial charge on any atom is 0.342 e. The fourth-order valence-electron chi connectivity index (χ4n) is 2.88. The van der Waals surface area contributed by atoms with Crippen molar-refractivity contribution in [1.29, 1.82) is 0 Å². The topological polar surface area (TPSA) is 116 Å². The lowest BCUT2D eigenvalue weighted by Gasteiger charge is -2.12. The van der Waals surface area contributed by atoms with Gasteiger partial charge in [-0.2, -0.15) is 0 Å². The molecule has 9 nitrogen and oxygen atoms in total. The SMILES string of the molecule is CCOc1cc(/C=C(\Sc2n[nH]c(-c3cc(OC)cc(OC)c3)n2)C(=O)O)cc(Br)c1OC. The van der Waals surface area contributed by atoms with E-state index >= 15 is 0 Å². The first kappa shape index (κ1) is 24.5. The Morgan fingerprint density at radius 2 is 1.82 bits per heavy atom. The third-order valence-electron chi connectivity index (χ3n) is 4.34. The average Bonchev–Trinajstić information content (AvgIpc) is 3.27. The zero-order valence-electron chi connectivity index (χ0n) is 18.3. The molecule has 33 heavy (non-hydrogen) atoms. The summed E-state index contributed by atoms with van der Waals surface area (Å²) in [5.41, 5.74) is 1.30. The Balaban J connectivity index is 1.91. The van der Waals surface area contributed by atoms with Crippen LogP contribution in [0.3, 0.4) is 0 Å². The molecular formula is C22H22BrN3O6S. The maximum absolute atomic E-state index is 11.9. The quantitative estimate of drug-likeness (QED) is 0.276. The van der Waals surface area contributed by atoms with Gasteiger partial charge in [0, 0.05) is 11.6 Å². The van der Waals surface area contributed by atoms with Gasteiger partial charge >= 0.3 is 5.97 Å². The lowest BCUT2D eigenvalue weighted by atomic mass is 10.2. The van der Waals surface area contributed by atoms with Gasteiger partial charge in [-0.15, -0.1) is 5.10 Å². The number of rotatable bonds is 10. The Morgan fingerprint density at radius 1 is 1.12 bits per heavy atom. The number of thioether (sulfide) groups is 1. The fourth-order valence-corrected chi connectivity index (χ4v) is 4.21. The zero-order valence-corrected chi connectivity index (χ0v) is 20.7. The van der Waals surface area contributed by atoms with Gasteiger partial charge in [0.2, 0.25) is 5.16 Å². The third-order valence-corrected chi connectivity index (χ3v) is 5.80. The summed E-state index contributed by atoms with van der Waals surface area (Å²) in [5.74, 6) is 1.56. The summed E-state index contributed by atoms with van der Waals surface area (Å²) in [5, 5.41) is 17.0. The van der Waals surface area contributed by atoms with E-state index in [1.165, 1.54) is 13.2 Å². The summed E-state index contributed by atoms with van der Waals surface area (Å²) in [6.07, 6.45) is 1.52. The molecule has 0 aliphatic rings. The summed E-state index contributed by atoms with van der Waals surface area (Å²) in [7, 11) is 4.65. The molecule has 11 heteroatoms. The summed E-state index contributed by atoms with van der Waals surface area (Å²) in [6.45, 7) is 2.29. The van der Waals surface area contributed by atoms with E-state index in [9.17, 15) is 9.90 Å². The molecule has 0 aliphatic heterocycles. The van der Waals surface area contributed by atoms with Crippen molar-refractivity contribution in [3.63, 3.8) is 0 Å². The highest BCUT2D eigenvalue weighted by atomic mass is 79.9. The van der Waals surface area contributed by atoms with Crippen molar-refractivity contribution < 1.29 is 28.8 Å². The predicted octanol–water partition coefficient (Wildman–Crippen LogP) is 4.88. The molecule has 0 spiro atoms. The van der Waals surface area contributed by atoms with Gasteiger partial charge in [-0.05, 0) is 70.5 Å². The number of benzene rings is 2. The Morgan fingerprint density at radius 3 is 2.39 bits per heavy atom. The number of ether oxygens (including phenoxy) is 4. The molecule has 2 N–H and O–H groups in total. The number of hydrogen-bond acceptors (Lipinski definition) is 8. The highest BCUT2D eigenvalue weighted by molar-refractivity contribution is 9.10. The maximum atomic E-state index is 11.9. The molecule has 0 unspecified atom stereocenters. The van der Waals surface area contributed by atoms with Crippen LogP contribution < -0.4 is 18.9 Å². The molecule has 0 aliphatic carbocycles. The van der Waals surface area contributed by atoms with Crippen LogP contribution in [0.2, 0.25) is 0 Å². The van der Waals surface area contributed by atoms with Crippen molar-refractivity contribution in [3.05, 3.63) is 45.3 Å². The van der Waals surface area contributed by atoms with Gasteiger partial charge in [0.15, 0.2) is 17.3 Å². The van der Waals surface area contributed by atoms with Crippen molar-refractivity contribution in [2.24, 2.45) is 0 Å². The number of aromatic amines is 1. The number of carboxylic acid groups (broad SMARTS) is 1. The van der Waals surface area contributed by atoms with E-state index in [4.69, 9.17) is 18.9 Å². The van der Waals surface area contributed by atoms with Gasteiger partial charge in [0.1, 0.15) is 16.4 Å². The standard InChI is InChI=1S/C22H22BrN3O6S/c1-5-32-17-7-12(6-16(23)19(17)31-4)8-18(21(27)28)33-22-24-20(25-26-22)13-9-14(29-2)11-15(10-13)30-3/h6-11H,5H2,1-4H3,(H,27,28)(H,24,25,26)/b18-8-. The van der Waals surface area contributed by atoms with Crippen LogP contribution >= 0.6 is 27.7 Å². The first-order valence-corrected chi connectivity index (χ1v) is 11.3. The van der Waals surface area contributed by atoms with Gasteiger partial charge < -0.3 is 24.1 Å². The molecule has 0 saturated heterocycles. The van der Waals surface area contributed by atoms with E-state index in [0.29, 0.717) is 51.0 Å². The van der Waals surface area contributed by atoms with E-state index in [-0.39, 0.29) is 10.1 Å². The number of aromatic nitrogens is 3. The van der Waals surface area contributed by atoms with Gasteiger partial charge in [-0.1, -0.05) is 0 Å². The molecule has 0 fully saturated rings. The molecule has 0 amide bonds. The minimum atomic E-state index is -1.11. The van der Waals surface area contributed by atoms with Crippen LogP contribution in [-0.2, 0) is 4.79 Å². The fraction of sp³-hybridized carbons (Fsp3) is 0.227. The van der Waals surface area contributed by atoms with E-state index in [2.05, 4.69) is 31.1 Å². The van der Waals surface area contributed by atoms with Gasteiger partial charge in [0.25, 0.3) is 0 Å². The number of methoxy groups -OCH3 is 3. The number of halogens is 1. The number of nitrogens with zero attached hydrogens (tertiary/aromatic N) is 2. The second kappa shape index (κ2) is 11.1. The van der Waals surface area contributed by atoms with Crippen LogP contribution in [0, 0.1) is 0 Å². The van der Waals surface area contributed by atoms with Crippen LogP contribution in [0.15, 0.2) is 44.9 Å². The molecule has 3 aromatic rings. The Labute approximate surface area is 203 Å². The third kappa shape index (κ3) is 5.99. The zero-order chi connectivity index (χ0) is 24.0. The number of H-pyrrole nitrogens is 1. The van der Waals surface area contributed by atoms with E-state index in [1.54, 1.807) is 44.6 Å². The number of carboxylic acids is 1. The minimum Gasteiger partial charge on any atom is -0.497 e. The molecule has 0 bridgehead atoms. The summed E-state index contributed by atoms with van der Waals surface area (Å²) in [6, 6.07) is 8.74. The molecule has 0 saturated carbocycles. The van der Waals surface area contributed by atoms with E-state index in [1.807, 2.05) is 6.92 Å². The molecule has 3 rings (SSSR count). The number of nitrogens with one attached hydrogen (secondary N) is 1. The Bertz CT molecular complexity index is 1160. The molecule has 1 heterocycles. The summed E-state index contributed by atoms with van der Waals surface area (Å²) < 4.78 is 22.2. The van der Waals surface area contributed by atoms with Crippen molar-refractivity contribution in [2.75, 3.05) is 27.9 Å². The highest BCUT2D eigenvalue weighted by Crippen LogP contribution is 2.38. The Kier molecular flexibility index (Phi) is 8.23. The van der Waals surface area contributed by atoms with Crippen LogP contribution in [0.4, 0.5) is 0 Å². The number of aliphatic carboxylic acids is 1. The molecule has 0 radical (unpaired) electrons. The van der Waals surface area contributed by atoms with Crippen molar-refractivity contribution in [2.45, 2.75) is 12.1 Å². The molecule has 0 atom stereocenters. The van der Waals surface area contributed by atoms with Gasteiger partial charge in [-0.3, -0.25) is 5.10 Å². The smallest absolute Gasteiger partial charge is 0.342 e. The monoisotopic (exact) mass is 535 g/mol. The summed E-state index contributed by atoms with van der Waals surface area (Å²) in [4.78, 5) is 16.4. The largest absolute Gasteiger partial charge is 0.497 e. The lowest BCUT2D eigenvalue weighted by molar-refractivity contribution is -0.131. The van der Waals surface area contributed by atoms with Crippen LogP contribution in [0.25, 0.3) is 17.5 Å². The highest BCUT2D eigenvalue weighted by Gasteiger charge is 2.17. The van der Waals surface area contributed by atoms with Crippen molar-refractivity contribution in [1.82, 2.24) is 15.2 Å². The summed E-state index contributed by atoms with van der Waals surface area (Å²) >= 11 is 4.36. The Hall–Kier alpha value is -3.18. The van der Waals surface area contributed by atoms with E-state index in [0.717, 1.165) is 11.8 Å². The van der Waals surface area contributed by atoms with Crippen LogP contribution in [0.5, 0.6) is 23.0 Å². The second-order valence-corrected chi connectivity index (χ2v) is 8.31. The normalized spacial score (nSPS) is 11.2. The van der Waals surface area contributed by atoms with Crippen molar-refractivity contribution in [3.8, 4) is 34.4 Å². The van der Waals surface area contributed by atoms with Crippen LogP contribution in [0.1, 0.15) is 12.5 Å². The van der Waals surface area contributed by atoms with Crippen molar-refractivity contribution >= 4 is 39.7 Å². The number of carbonyl (C=O) groups is 1.